The van der Waals surface area contributed by atoms with Gasteiger partial charge in [-0.2, -0.15) is 0 Å². The molecule has 0 aliphatic carbocycles. The Kier molecular flexibility index (Phi) is 13.0. The number of amides is 1. The summed E-state index contributed by atoms with van der Waals surface area (Å²) in [6, 6.07) is 7.69. The summed E-state index contributed by atoms with van der Waals surface area (Å²) in [5, 5.41) is 5.78. The summed E-state index contributed by atoms with van der Waals surface area (Å²) in [6.07, 6.45) is 1.53. The molecular formula is C24H34Cl2N4O4S2. The number of piperazine rings is 2. The number of rotatable bonds is 4. The number of ether oxygens (including phenoxy) is 1. The summed E-state index contributed by atoms with van der Waals surface area (Å²) in [5.41, 5.74) is -0.458. The molecule has 2 saturated heterocycles. The number of hydrogen-bond donors (Lipinski definition) is 1. The fourth-order valence-electron chi connectivity index (χ4n) is 3.47. The van der Waals surface area contributed by atoms with Gasteiger partial charge >= 0.3 is 6.09 Å². The van der Waals surface area contributed by atoms with Crippen molar-refractivity contribution in [1.82, 2.24) is 10.2 Å². The molecule has 0 bridgehead atoms. The number of alkyl halides is 2. The average Bonchev–Trinajstić information content (AvgIpc) is 3.55. The normalized spacial score (nSPS) is 15.8. The van der Waals surface area contributed by atoms with Gasteiger partial charge in [0.2, 0.25) is 0 Å². The van der Waals surface area contributed by atoms with Crippen LogP contribution in [0.4, 0.5) is 14.8 Å². The maximum Gasteiger partial charge on any atom is 0.410 e. The van der Waals surface area contributed by atoms with Gasteiger partial charge in [0.05, 0.1) is 25.1 Å². The highest BCUT2D eigenvalue weighted by Gasteiger charge is 2.26. The Morgan fingerprint density at radius 1 is 0.889 bits per heavy atom. The van der Waals surface area contributed by atoms with E-state index in [1.807, 2.05) is 45.0 Å². The number of nitrogens with zero attached hydrogens (tertiary/aromatic N) is 3. The molecule has 0 aromatic carbocycles. The van der Waals surface area contributed by atoms with E-state index >= 15 is 0 Å². The number of anilines is 2. The van der Waals surface area contributed by atoms with E-state index in [1.165, 1.54) is 16.3 Å². The lowest BCUT2D eigenvalue weighted by Crippen LogP contribution is -2.49. The molecule has 36 heavy (non-hydrogen) atoms. The van der Waals surface area contributed by atoms with Crippen molar-refractivity contribution in [3.8, 4) is 0 Å². The molecule has 8 nitrogen and oxygen atoms in total. The van der Waals surface area contributed by atoms with Crippen LogP contribution in [0.2, 0.25) is 0 Å². The van der Waals surface area contributed by atoms with Crippen LogP contribution in [0.1, 0.15) is 40.1 Å². The van der Waals surface area contributed by atoms with E-state index in [1.54, 1.807) is 16.2 Å². The zero-order valence-corrected chi connectivity index (χ0v) is 24.0. The Balaban J connectivity index is 0.000000244. The quantitative estimate of drug-likeness (QED) is 0.404. The Labute approximate surface area is 231 Å². The van der Waals surface area contributed by atoms with Gasteiger partial charge in [0.25, 0.3) is 0 Å². The first-order valence-corrected chi connectivity index (χ1v) is 14.3. The van der Waals surface area contributed by atoms with E-state index in [0.29, 0.717) is 13.1 Å². The van der Waals surface area contributed by atoms with Crippen LogP contribution in [0.3, 0.4) is 0 Å². The van der Waals surface area contributed by atoms with Gasteiger partial charge in [0.1, 0.15) is 5.60 Å². The highest BCUT2D eigenvalue weighted by Crippen LogP contribution is 2.26. The molecule has 0 unspecified atom stereocenters. The first-order valence-electron chi connectivity index (χ1n) is 11.6. The number of aldehydes is 2. The van der Waals surface area contributed by atoms with Crippen LogP contribution in [-0.4, -0.2) is 86.9 Å². The van der Waals surface area contributed by atoms with Crippen molar-refractivity contribution in [3.63, 3.8) is 0 Å². The third-order valence-electron chi connectivity index (χ3n) is 5.13. The smallest absolute Gasteiger partial charge is 0.410 e. The van der Waals surface area contributed by atoms with Crippen LogP contribution in [0.5, 0.6) is 0 Å². The summed E-state index contributed by atoms with van der Waals surface area (Å²) in [6.45, 7) is 12.6. The van der Waals surface area contributed by atoms with Crippen molar-refractivity contribution in [2.75, 3.05) is 67.5 Å². The van der Waals surface area contributed by atoms with Gasteiger partial charge in [0, 0.05) is 52.4 Å². The molecule has 2 aliphatic rings. The molecule has 2 aromatic heterocycles. The van der Waals surface area contributed by atoms with Gasteiger partial charge in [-0.1, -0.05) is 0 Å². The number of carbonyl (C=O) groups excluding carboxylic acids is 3. The molecule has 2 aromatic rings. The Morgan fingerprint density at radius 3 is 1.72 bits per heavy atom. The molecule has 0 atom stereocenters. The van der Waals surface area contributed by atoms with Crippen LogP contribution in [0.15, 0.2) is 24.3 Å². The number of nitrogens with one attached hydrogen (secondary N) is 1. The van der Waals surface area contributed by atoms with E-state index in [4.69, 9.17) is 27.9 Å². The summed E-state index contributed by atoms with van der Waals surface area (Å²) < 4.78 is 5.36. The fourth-order valence-corrected chi connectivity index (χ4v) is 5.22. The predicted octanol–water partition coefficient (Wildman–Crippen LogP) is 5.01. The minimum absolute atomic E-state index is 0.194. The minimum atomic E-state index is -0.458. The third-order valence-corrected chi connectivity index (χ3v) is 7.27. The SMILES string of the molecule is CC(C)(C)OC(=O)N1CCN(c2ccc(C=O)s2)CC1.ClCCl.O=Cc1ccc(N2CCNCC2)s1. The van der Waals surface area contributed by atoms with Crippen molar-refractivity contribution < 1.29 is 19.1 Å². The zero-order chi connectivity index (χ0) is 26.6. The molecular weight excluding hydrogens is 543 g/mol. The van der Waals surface area contributed by atoms with E-state index in [9.17, 15) is 14.4 Å². The molecule has 4 heterocycles. The lowest BCUT2D eigenvalue weighted by Gasteiger charge is -2.36. The summed E-state index contributed by atoms with van der Waals surface area (Å²) in [7, 11) is 0. The maximum atomic E-state index is 11.9. The molecule has 2 fully saturated rings. The minimum Gasteiger partial charge on any atom is -0.444 e. The molecule has 0 saturated carbocycles. The Bertz CT molecular complexity index is 950. The molecule has 1 N–H and O–H groups in total. The highest BCUT2D eigenvalue weighted by molar-refractivity contribution is 7.17. The summed E-state index contributed by atoms with van der Waals surface area (Å²) in [4.78, 5) is 40.9. The molecule has 200 valence electrons. The Morgan fingerprint density at radius 2 is 1.33 bits per heavy atom. The van der Waals surface area contributed by atoms with E-state index in [-0.39, 0.29) is 11.4 Å². The van der Waals surface area contributed by atoms with Gasteiger partial charge in [-0.15, -0.1) is 45.9 Å². The second-order valence-corrected chi connectivity index (χ2v) is 11.9. The highest BCUT2D eigenvalue weighted by atomic mass is 35.5. The molecule has 1 amide bonds. The van der Waals surface area contributed by atoms with Crippen molar-refractivity contribution in [2.24, 2.45) is 0 Å². The number of thiophene rings is 2. The fraction of sp³-hybridized carbons (Fsp3) is 0.542. The van der Waals surface area contributed by atoms with Crippen LogP contribution in [0, 0.1) is 0 Å². The van der Waals surface area contributed by atoms with Gasteiger partial charge in [-0.25, -0.2) is 4.79 Å². The lowest BCUT2D eigenvalue weighted by atomic mass is 10.2. The van der Waals surface area contributed by atoms with Gasteiger partial charge in [0.15, 0.2) is 12.6 Å². The average molecular weight is 578 g/mol. The number of carbonyl (C=O) groups is 3. The summed E-state index contributed by atoms with van der Waals surface area (Å²) in [5.74, 6) is 0. The second-order valence-electron chi connectivity index (χ2n) is 8.88. The lowest BCUT2D eigenvalue weighted by molar-refractivity contribution is 0.0240. The number of halogens is 2. The Hall–Kier alpha value is -1.85. The van der Waals surface area contributed by atoms with Gasteiger partial charge in [-0.05, 0) is 45.0 Å². The standard InChI is InChI=1S/C14H20N2O3S.C9H12N2OS.CH2Cl2/c1-14(2,3)19-13(18)16-8-6-15(7-9-16)12-5-4-11(10-17)20-12;12-7-8-1-2-9(13-8)11-5-3-10-4-6-11;2-1-3/h4-5,10H,6-9H2,1-3H3;1-2,7,10H,3-6H2;1H2. The van der Waals surface area contributed by atoms with E-state index in [2.05, 4.69) is 15.1 Å². The molecule has 4 rings (SSSR count). The largest absolute Gasteiger partial charge is 0.444 e. The van der Waals surface area contributed by atoms with Crippen LogP contribution in [-0.2, 0) is 4.74 Å². The third kappa shape index (κ3) is 10.3. The monoisotopic (exact) mass is 576 g/mol. The van der Waals surface area contributed by atoms with Crippen LogP contribution in [0.25, 0.3) is 0 Å². The van der Waals surface area contributed by atoms with Crippen molar-refractivity contribution in [2.45, 2.75) is 26.4 Å². The second kappa shape index (κ2) is 15.4. The maximum absolute atomic E-state index is 11.9. The van der Waals surface area contributed by atoms with E-state index in [0.717, 1.165) is 66.6 Å². The van der Waals surface area contributed by atoms with Crippen LogP contribution < -0.4 is 15.1 Å². The summed E-state index contributed by atoms with van der Waals surface area (Å²) >= 11 is 12.6. The van der Waals surface area contributed by atoms with Crippen LogP contribution >= 0.6 is 45.9 Å². The van der Waals surface area contributed by atoms with Gasteiger partial charge < -0.3 is 24.8 Å². The van der Waals surface area contributed by atoms with Crippen molar-refractivity contribution in [1.29, 1.82) is 0 Å². The molecule has 0 spiro atoms. The van der Waals surface area contributed by atoms with Gasteiger partial charge in [-0.3, -0.25) is 9.59 Å². The first-order chi connectivity index (χ1) is 17.2. The predicted molar refractivity (Wildman–Crippen MR) is 151 cm³/mol. The van der Waals surface area contributed by atoms with E-state index < -0.39 is 5.60 Å². The topological polar surface area (TPSA) is 82.2 Å². The number of hydrogen-bond acceptors (Lipinski definition) is 9. The first kappa shape index (κ1) is 30.4. The zero-order valence-electron chi connectivity index (χ0n) is 20.9. The van der Waals surface area contributed by atoms with Crippen molar-refractivity contribution in [3.05, 3.63) is 34.0 Å². The van der Waals surface area contributed by atoms with Crippen molar-refractivity contribution >= 4 is 74.5 Å². The molecule has 0 radical (unpaired) electrons. The molecule has 12 heteroatoms. The molecule has 2 aliphatic heterocycles.